The number of nitrogens with zero attached hydrogens (tertiary/aromatic N) is 3. The molecule has 3 aromatic rings. The number of fused-ring (bicyclic) bond motifs is 1. The molecule has 0 bridgehead atoms. The molecule has 1 unspecified atom stereocenters. The van der Waals surface area contributed by atoms with Gasteiger partial charge >= 0.3 is 0 Å². The van der Waals surface area contributed by atoms with Crippen LogP contribution in [0, 0.1) is 6.92 Å². The summed E-state index contributed by atoms with van der Waals surface area (Å²) in [5.74, 6) is 0.777. The van der Waals surface area contributed by atoms with Crippen LogP contribution in [0.5, 0.6) is 0 Å². The van der Waals surface area contributed by atoms with Gasteiger partial charge in [-0.1, -0.05) is 25.1 Å². The Morgan fingerprint density at radius 2 is 1.81 bits per heavy atom. The van der Waals surface area contributed by atoms with Crippen molar-refractivity contribution in [2.45, 2.75) is 19.9 Å². The molecule has 0 saturated carbocycles. The molecule has 106 valence electrons. The Morgan fingerprint density at radius 3 is 2.57 bits per heavy atom. The van der Waals surface area contributed by atoms with Gasteiger partial charge in [0.05, 0.1) is 11.6 Å². The summed E-state index contributed by atoms with van der Waals surface area (Å²) in [6.45, 7) is 4.91. The second-order valence-corrected chi connectivity index (χ2v) is 5.07. The number of pyridine rings is 1. The van der Waals surface area contributed by atoms with E-state index in [0.29, 0.717) is 0 Å². The van der Waals surface area contributed by atoms with Crippen molar-refractivity contribution in [1.82, 2.24) is 20.3 Å². The normalized spacial score (nSPS) is 12.5. The summed E-state index contributed by atoms with van der Waals surface area (Å²) in [5.41, 5.74) is 3.14. The zero-order chi connectivity index (χ0) is 14.7. The Kier molecular flexibility index (Phi) is 3.88. The van der Waals surface area contributed by atoms with Crippen molar-refractivity contribution in [3.05, 3.63) is 65.9 Å². The first-order valence-corrected chi connectivity index (χ1v) is 7.14. The Bertz CT molecular complexity index is 737. The summed E-state index contributed by atoms with van der Waals surface area (Å²) >= 11 is 0. The molecule has 1 aromatic carbocycles. The Balaban J connectivity index is 2.04. The third-order valence-corrected chi connectivity index (χ3v) is 3.41. The minimum atomic E-state index is -0.0345. The van der Waals surface area contributed by atoms with Crippen LogP contribution >= 0.6 is 0 Å². The minimum absolute atomic E-state index is 0.0345. The zero-order valence-electron chi connectivity index (χ0n) is 12.2. The Hall–Kier alpha value is -2.33. The minimum Gasteiger partial charge on any atom is -0.304 e. The molecule has 21 heavy (non-hydrogen) atoms. The van der Waals surface area contributed by atoms with Gasteiger partial charge in [-0.25, -0.2) is 9.97 Å². The maximum absolute atomic E-state index is 4.53. The molecule has 2 heterocycles. The van der Waals surface area contributed by atoms with Crippen LogP contribution in [-0.4, -0.2) is 21.5 Å². The van der Waals surface area contributed by atoms with Crippen molar-refractivity contribution >= 4 is 10.9 Å². The van der Waals surface area contributed by atoms with E-state index in [1.54, 1.807) is 0 Å². The number of hydrogen-bond acceptors (Lipinski definition) is 4. The summed E-state index contributed by atoms with van der Waals surface area (Å²) in [5, 5.41) is 4.56. The van der Waals surface area contributed by atoms with Gasteiger partial charge in [0, 0.05) is 24.0 Å². The molecule has 0 aliphatic carbocycles. The van der Waals surface area contributed by atoms with Crippen LogP contribution in [0.1, 0.15) is 29.9 Å². The van der Waals surface area contributed by atoms with Gasteiger partial charge in [-0.05, 0) is 36.7 Å². The SMILES string of the molecule is CCNC(c1cnc2ccccc2c1)c1ncc(C)cn1. The molecule has 3 rings (SSSR count). The van der Waals surface area contributed by atoms with E-state index in [0.717, 1.165) is 34.4 Å². The molecule has 1 N–H and O–H groups in total. The number of benzene rings is 1. The first-order valence-electron chi connectivity index (χ1n) is 7.14. The molecular formula is C17H18N4. The van der Waals surface area contributed by atoms with E-state index < -0.39 is 0 Å². The average molecular weight is 278 g/mol. The first kappa shape index (κ1) is 13.6. The molecular weight excluding hydrogens is 260 g/mol. The Morgan fingerprint density at radius 1 is 1.05 bits per heavy atom. The molecule has 1 atom stereocenters. The van der Waals surface area contributed by atoms with Crippen molar-refractivity contribution < 1.29 is 0 Å². The van der Waals surface area contributed by atoms with Crippen LogP contribution in [0.25, 0.3) is 10.9 Å². The molecule has 4 nitrogen and oxygen atoms in total. The molecule has 0 aliphatic heterocycles. The van der Waals surface area contributed by atoms with Crippen LogP contribution in [0.2, 0.25) is 0 Å². The lowest BCUT2D eigenvalue weighted by Crippen LogP contribution is -2.24. The van der Waals surface area contributed by atoms with E-state index in [2.05, 4.69) is 39.3 Å². The molecule has 0 amide bonds. The van der Waals surface area contributed by atoms with Gasteiger partial charge in [0.15, 0.2) is 0 Å². The van der Waals surface area contributed by atoms with E-state index in [9.17, 15) is 0 Å². The fourth-order valence-corrected chi connectivity index (χ4v) is 2.36. The smallest absolute Gasteiger partial charge is 0.149 e. The fourth-order valence-electron chi connectivity index (χ4n) is 2.36. The zero-order valence-corrected chi connectivity index (χ0v) is 12.2. The molecule has 0 radical (unpaired) electrons. The largest absolute Gasteiger partial charge is 0.304 e. The van der Waals surface area contributed by atoms with Crippen molar-refractivity contribution in [3.8, 4) is 0 Å². The highest BCUT2D eigenvalue weighted by molar-refractivity contribution is 5.78. The van der Waals surface area contributed by atoms with E-state index in [-0.39, 0.29) is 6.04 Å². The lowest BCUT2D eigenvalue weighted by Gasteiger charge is -2.17. The van der Waals surface area contributed by atoms with Crippen LogP contribution in [-0.2, 0) is 0 Å². The monoisotopic (exact) mass is 278 g/mol. The highest BCUT2D eigenvalue weighted by Gasteiger charge is 2.16. The fraction of sp³-hybridized carbons (Fsp3) is 0.235. The van der Waals surface area contributed by atoms with Crippen molar-refractivity contribution in [1.29, 1.82) is 0 Å². The van der Waals surface area contributed by atoms with E-state index in [4.69, 9.17) is 0 Å². The van der Waals surface area contributed by atoms with Crippen LogP contribution in [0.4, 0.5) is 0 Å². The summed E-state index contributed by atoms with van der Waals surface area (Å²) in [7, 11) is 0. The summed E-state index contributed by atoms with van der Waals surface area (Å²) in [6.07, 6.45) is 5.60. The lowest BCUT2D eigenvalue weighted by atomic mass is 10.1. The number of hydrogen-bond donors (Lipinski definition) is 1. The summed E-state index contributed by atoms with van der Waals surface area (Å²) in [4.78, 5) is 13.4. The lowest BCUT2D eigenvalue weighted by molar-refractivity contribution is 0.595. The summed E-state index contributed by atoms with van der Waals surface area (Å²) < 4.78 is 0. The molecule has 4 heteroatoms. The number of aryl methyl sites for hydroxylation is 1. The van der Waals surface area contributed by atoms with Crippen LogP contribution in [0.15, 0.2) is 48.9 Å². The molecule has 2 aromatic heterocycles. The van der Waals surface area contributed by atoms with Gasteiger partial charge in [0.1, 0.15) is 5.82 Å². The second kappa shape index (κ2) is 5.97. The number of nitrogens with one attached hydrogen (secondary N) is 1. The summed E-state index contributed by atoms with van der Waals surface area (Å²) in [6, 6.07) is 10.2. The number of aromatic nitrogens is 3. The number of para-hydroxylation sites is 1. The van der Waals surface area contributed by atoms with Crippen LogP contribution in [0.3, 0.4) is 0 Å². The van der Waals surface area contributed by atoms with Crippen molar-refractivity contribution in [2.24, 2.45) is 0 Å². The topological polar surface area (TPSA) is 50.7 Å². The molecule has 0 fully saturated rings. The maximum Gasteiger partial charge on any atom is 0.149 e. The van der Waals surface area contributed by atoms with E-state index >= 15 is 0 Å². The molecule has 0 spiro atoms. The quantitative estimate of drug-likeness (QED) is 0.797. The van der Waals surface area contributed by atoms with Gasteiger partial charge in [0.2, 0.25) is 0 Å². The molecule has 0 saturated heterocycles. The standard InChI is InChI=1S/C17H18N4/c1-3-18-16(17-20-9-12(2)10-21-17)14-8-13-6-4-5-7-15(13)19-11-14/h4-11,16,18H,3H2,1-2H3. The number of rotatable bonds is 4. The van der Waals surface area contributed by atoms with Crippen LogP contribution < -0.4 is 5.32 Å². The maximum atomic E-state index is 4.53. The predicted molar refractivity (Wildman–Crippen MR) is 84.0 cm³/mol. The van der Waals surface area contributed by atoms with Gasteiger partial charge in [0.25, 0.3) is 0 Å². The third-order valence-electron chi connectivity index (χ3n) is 3.41. The highest BCUT2D eigenvalue weighted by Crippen LogP contribution is 2.22. The van der Waals surface area contributed by atoms with Gasteiger partial charge < -0.3 is 5.32 Å². The van der Waals surface area contributed by atoms with Gasteiger partial charge in [-0.3, -0.25) is 4.98 Å². The van der Waals surface area contributed by atoms with E-state index in [1.165, 1.54) is 0 Å². The highest BCUT2D eigenvalue weighted by atomic mass is 15.0. The van der Waals surface area contributed by atoms with Crippen molar-refractivity contribution in [3.63, 3.8) is 0 Å². The molecule has 0 aliphatic rings. The first-order chi connectivity index (χ1) is 10.3. The Labute approximate surface area is 124 Å². The van der Waals surface area contributed by atoms with Crippen molar-refractivity contribution in [2.75, 3.05) is 6.54 Å². The average Bonchev–Trinajstić information content (AvgIpc) is 2.53. The third kappa shape index (κ3) is 2.90. The van der Waals surface area contributed by atoms with Gasteiger partial charge in [-0.15, -0.1) is 0 Å². The van der Waals surface area contributed by atoms with E-state index in [1.807, 2.05) is 43.7 Å². The predicted octanol–water partition coefficient (Wildman–Crippen LogP) is 3.03. The second-order valence-electron chi connectivity index (χ2n) is 5.07. The van der Waals surface area contributed by atoms with Gasteiger partial charge in [-0.2, -0.15) is 0 Å².